The van der Waals surface area contributed by atoms with Gasteiger partial charge in [0, 0.05) is 17.0 Å². The fourth-order valence-electron chi connectivity index (χ4n) is 0.989. The van der Waals surface area contributed by atoms with Crippen LogP contribution in [0.2, 0.25) is 0 Å². The quantitative estimate of drug-likeness (QED) is 0.496. The third kappa shape index (κ3) is 3.04. The van der Waals surface area contributed by atoms with Crippen LogP contribution in [0.1, 0.15) is 5.56 Å². The first-order valence-corrected chi connectivity index (χ1v) is 5.35. The van der Waals surface area contributed by atoms with E-state index in [1.807, 2.05) is 6.07 Å². The van der Waals surface area contributed by atoms with E-state index in [2.05, 4.69) is 28.6 Å². The average molecular weight is 260 g/mol. The van der Waals surface area contributed by atoms with Crippen molar-refractivity contribution in [1.29, 1.82) is 0 Å². The minimum Gasteiger partial charge on any atom is -0.398 e. The van der Waals surface area contributed by atoms with Gasteiger partial charge >= 0.3 is 0 Å². The van der Waals surface area contributed by atoms with Crippen LogP contribution in [0.4, 0.5) is 5.69 Å². The normalized spacial score (nSPS) is 10.0. The lowest BCUT2D eigenvalue weighted by Gasteiger charge is -2.02. The Morgan fingerprint density at radius 1 is 1.54 bits per heavy atom. The maximum atomic E-state index is 11.1. The van der Waals surface area contributed by atoms with E-state index < -0.39 is 0 Å². The van der Waals surface area contributed by atoms with E-state index in [-0.39, 0.29) is 5.78 Å². The minimum absolute atomic E-state index is 0.145. The predicted molar refractivity (Wildman–Crippen MR) is 60.6 cm³/mol. The average Bonchev–Trinajstić information content (AvgIpc) is 2.11. The van der Waals surface area contributed by atoms with Crippen LogP contribution in [0.5, 0.6) is 0 Å². The molecule has 2 nitrogen and oxygen atoms in total. The van der Waals surface area contributed by atoms with Gasteiger partial charge in [0.25, 0.3) is 0 Å². The number of ketones is 1. The van der Waals surface area contributed by atoms with Crippen LogP contribution in [-0.2, 0) is 11.2 Å². The number of carbonyl (C=O) groups is 1. The molecule has 0 aliphatic heterocycles. The molecular formula is C9H10BrNOS. The molecule has 70 valence electrons. The summed E-state index contributed by atoms with van der Waals surface area (Å²) in [6.07, 6.45) is 0.420. The van der Waals surface area contributed by atoms with Gasteiger partial charge < -0.3 is 5.73 Å². The van der Waals surface area contributed by atoms with Gasteiger partial charge in [-0.1, -0.05) is 22.0 Å². The minimum atomic E-state index is 0.145. The number of benzene rings is 1. The zero-order valence-electron chi connectivity index (χ0n) is 6.96. The molecule has 0 amide bonds. The summed E-state index contributed by atoms with van der Waals surface area (Å²) in [6.45, 7) is 0. The van der Waals surface area contributed by atoms with Gasteiger partial charge in [-0.2, -0.15) is 0 Å². The maximum Gasteiger partial charge on any atom is 0.147 e. The summed E-state index contributed by atoms with van der Waals surface area (Å²) in [5.74, 6) is 0.145. The van der Waals surface area contributed by atoms with E-state index in [0.717, 1.165) is 10.5 Å². The third-order valence-corrected chi connectivity index (χ3v) is 2.67. The fourth-order valence-corrected chi connectivity index (χ4v) is 1.33. The van der Waals surface area contributed by atoms with Gasteiger partial charge in [0.1, 0.15) is 5.78 Å². The number of thiol groups is 1. The highest BCUT2D eigenvalue weighted by atomic mass is 79.9. The first kappa shape index (κ1) is 10.6. The van der Waals surface area contributed by atoms with E-state index in [9.17, 15) is 4.79 Å². The van der Waals surface area contributed by atoms with Gasteiger partial charge in [0.15, 0.2) is 0 Å². The molecule has 4 heteroatoms. The molecule has 1 aromatic carbocycles. The van der Waals surface area contributed by atoms with Crippen molar-refractivity contribution in [3.05, 3.63) is 23.8 Å². The number of halogens is 1. The van der Waals surface area contributed by atoms with Crippen molar-refractivity contribution in [2.75, 3.05) is 11.1 Å². The molecule has 0 aliphatic carbocycles. The number of Topliss-reactive ketones (excluding diaryl/α,β-unsaturated/α-hetero) is 1. The second-order valence-corrected chi connectivity index (χ2v) is 3.78. The lowest BCUT2D eigenvalue weighted by Crippen LogP contribution is -2.03. The standard InChI is InChI=1S/C9H10BrNOS/c10-5-7(12)3-6-1-2-9(13)8(11)4-6/h1-2,4,13H,3,5,11H2. The van der Waals surface area contributed by atoms with Crippen LogP contribution in [0, 0.1) is 0 Å². The molecule has 0 heterocycles. The van der Waals surface area contributed by atoms with Gasteiger partial charge in [-0.05, 0) is 17.7 Å². The Kier molecular flexibility index (Phi) is 3.81. The van der Waals surface area contributed by atoms with Crippen molar-refractivity contribution in [1.82, 2.24) is 0 Å². The van der Waals surface area contributed by atoms with Crippen molar-refractivity contribution in [2.45, 2.75) is 11.3 Å². The Balaban J connectivity index is 2.79. The topological polar surface area (TPSA) is 43.1 Å². The summed E-state index contributed by atoms with van der Waals surface area (Å²) in [4.78, 5) is 11.8. The molecule has 2 N–H and O–H groups in total. The summed E-state index contributed by atoms with van der Waals surface area (Å²) in [5.41, 5.74) is 7.18. The van der Waals surface area contributed by atoms with Crippen LogP contribution >= 0.6 is 28.6 Å². The van der Waals surface area contributed by atoms with Crippen LogP contribution in [0.25, 0.3) is 0 Å². The van der Waals surface area contributed by atoms with Crippen molar-refractivity contribution >= 4 is 40.0 Å². The molecule has 0 fully saturated rings. The van der Waals surface area contributed by atoms with Crippen molar-refractivity contribution < 1.29 is 4.79 Å². The van der Waals surface area contributed by atoms with Crippen molar-refractivity contribution in [3.8, 4) is 0 Å². The molecule has 0 saturated carbocycles. The van der Waals surface area contributed by atoms with Gasteiger partial charge in [-0.15, -0.1) is 12.6 Å². The Morgan fingerprint density at radius 3 is 2.77 bits per heavy atom. The largest absolute Gasteiger partial charge is 0.398 e. The molecule has 1 rings (SSSR count). The third-order valence-electron chi connectivity index (χ3n) is 1.64. The SMILES string of the molecule is Nc1cc(CC(=O)CBr)ccc1S. The first-order chi connectivity index (χ1) is 6.13. The highest BCUT2D eigenvalue weighted by Crippen LogP contribution is 2.18. The molecule has 0 aromatic heterocycles. The molecule has 0 atom stereocenters. The lowest BCUT2D eigenvalue weighted by molar-refractivity contribution is -0.115. The second kappa shape index (κ2) is 4.67. The van der Waals surface area contributed by atoms with Gasteiger partial charge in [0.05, 0.1) is 5.33 Å². The number of hydrogen-bond donors (Lipinski definition) is 2. The summed E-state index contributed by atoms with van der Waals surface area (Å²) < 4.78 is 0. The summed E-state index contributed by atoms with van der Waals surface area (Å²) >= 11 is 7.25. The van der Waals surface area contributed by atoms with Crippen LogP contribution in [0.15, 0.2) is 23.1 Å². The Morgan fingerprint density at radius 2 is 2.23 bits per heavy atom. The Hall–Kier alpha value is -0.480. The summed E-state index contributed by atoms with van der Waals surface area (Å²) in [7, 11) is 0. The number of alkyl halides is 1. The molecular weight excluding hydrogens is 250 g/mol. The van der Waals surface area contributed by atoms with E-state index in [1.165, 1.54) is 0 Å². The lowest BCUT2D eigenvalue weighted by atomic mass is 10.1. The van der Waals surface area contributed by atoms with Crippen molar-refractivity contribution in [3.63, 3.8) is 0 Å². The van der Waals surface area contributed by atoms with Crippen LogP contribution < -0.4 is 5.73 Å². The van der Waals surface area contributed by atoms with E-state index in [0.29, 0.717) is 17.4 Å². The smallest absolute Gasteiger partial charge is 0.147 e. The molecule has 13 heavy (non-hydrogen) atoms. The van der Waals surface area contributed by atoms with E-state index in [1.54, 1.807) is 12.1 Å². The molecule has 0 saturated heterocycles. The zero-order chi connectivity index (χ0) is 9.84. The number of anilines is 1. The van der Waals surface area contributed by atoms with Crippen LogP contribution in [0.3, 0.4) is 0 Å². The fraction of sp³-hybridized carbons (Fsp3) is 0.222. The number of hydrogen-bond acceptors (Lipinski definition) is 3. The maximum absolute atomic E-state index is 11.1. The monoisotopic (exact) mass is 259 g/mol. The molecule has 0 unspecified atom stereocenters. The molecule has 1 aromatic rings. The summed E-state index contributed by atoms with van der Waals surface area (Å²) in [6, 6.07) is 5.44. The number of nitrogen functional groups attached to an aromatic ring is 1. The number of carbonyl (C=O) groups excluding carboxylic acids is 1. The van der Waals surface area contributed by atoms with Crippen LogP contribution in [-0.4, -0.2) is 11.1 Å². The van der Waals surface area contributed by atoms with E-state index in [4.69, 9.17) is 5.73 Å². The number of rotatable bonds is 3. The molecule has 0 radical (unpaired) electrons. The Bertz CT molecular complexity index is 327. The number of nitrogens with two attached hydrogens (primary N) is 1. The predicted octanol–water partition coefficient (Wildman–Crippen LogP) is 2.06. The highest BCUT2D eigenvalue weighted by molar-refractivity contribution is 9.09. The molecule has 0 aliphatic rings. The van der Waals surface area contributed by atoms with E-state index >= 15 is 0 Å². The van der Waals surface area contributed by atoms with Gasteiger partial charge in [-0.3, -0.25) is 4.79 Å². The molecule has 0 spiro atoms. The highest BCUT2D eigenvalue weighted by Gasteiger charge is 2.02. The Labute approximate surface area is 91.1 Å². The second-order valence-electron chi connectivity index (χ2n) is 2.74. The summed E-state index contributed by atoms with van der Waals surface area (Å²) in [5, 5.41) is 0.384. The zero-order valence-corrected chi connectivity index (χ0v) is 9.44. The van der Waals surface area contributed by atoms with Gasteiger partial charge in [0.2, 0.25) is 0 Å². The molecule has 0 bridgehead atoms. The van der Waals surface area contributed by atoms with Crippen molar-refractivity contribution in [2.24, 2.45) is 0 Å². The van der Waals surface area contributed by atoms with Gasteiger partial charge in [-0.25, -0.2) is 0 Å². The first-order valence-electron chi connectivity index (χ1n) is 3.78.